The van der Waals surface area contributed by atoms with Crippen LogP contribution in [0.2, 0.25) is 0 Å². The zero-order chi connectivity index (χ0) is 20.7. The molecule has 0 aliphatic carbocycles. The van der Waals surface area contributed by atoms with E-state index in [0.717, 1.165) is 5.75 Å². The number of ether oxygens (including phenoxy) is 2. The first-order valence-electron chi connectivity index (χ1n) is 9.26. The molecule has 2 aromatic carbocycles. The van der Waals surface area contributed by atoms with E-state index in [9.17, 15) is 9.59 Å². The molecule has 0 unspecified atom stereocenters. The van der Waals surface area contributed by atoms with Crippen LogP contribution in [0.3, 0.4) is 0 Å². The van der Waals surface area contributed by atoms with Crippen molar-refractivity contribution in [2.75, 3.05) is 5.32 Å². The van der Waals surface area contributed by atoms with E-state index < -0.39 is 17.7 Å². The van der Waals surface area contributed by atoms with Crippen LogP contribution in [0.1, 0.15) is 46.2 Å². The molecule has 150 valence electrons. The lowest BCUT2D eigenvalue weighted by atomic mass is 10.1. The van der Waals surface area contributed by atoms with Gasteiger partial charge in [0.1, 0.15) is 17.4 Å². The second-order valence-corrected chi connectivity index (χ2v) is 7.67. The molecular formula is C22H28N2O4. The average molecular weight is 384 g/mol. The maximum absolute atomic E-state index is 12.9. The predicted octanol–water partition coefficient (Wildman–Crippen LogP) is 4.68. The van der Waals surface area contributed by atoms with E-state index in [0.29, 0.717) is 11.3 Å². The van der Waals surface area contributed by atoms with Gasteiger partial charge < -0.3 is 20.1 Å². The minimum Gasteiger partial charge on any atom is -0.491 e. The summed E-state index contributed by atoms with van der Waals surface area (Å²) in [5.74, 6) is 0.356. The summed E-state index contributed by atoms with van der Waals surface area (Å²) < 4.78 is 10.9. The zero-order valence-corrected chi connectivity index (χ0v) is 17.0. The third-order valence-electron chi connectivity index (χ3n) is 3.55. The molecule has 0 heterocycles. The standard InChI is InChI=1S/C22H28N2O4/c1-15(2)27-18-13-11-17(12-14-18)23-20(25)19(16-9-7-6-8-10-16)24-21(26)28-22(3,4)5/h6-15,19H,1-5H3,(H,23,25)(H,24,26)/t19-/m0/s1. The van der Waals surface area contributed by atoms with Crippen LogP contribution in [0.5, 0.6) is 5.75 Å². The van der Waals surface area contributed by atoms with Gasteiger partial charge in [0.05, 0.1) is 6.10 Å². The fraction of sp³-hybridized carbons (Fsp3) is 0.364. The summed E-state index contributed by atoms with van der Waals surface area (Å²) >= 11 is 0. The van der Waals surface area contributed by atoms with Crippen LogP contribution in [0.15, 0.2) is 54.6 Å². The minimum atomic E-state index is -0.886. The Hall–Kier alpha value is -3.02. The highest BCUT2D eigenvalue weighted by molar-refractivity contribution is 5.97. The first-order chi connectivity index (χ1) is 13.1. The van der Waals surface area contributed by atoms with Crippen LogP contribution >= 0.6 is 0 Å². The van der Waals surface area contributed by atoms with Gasteiger partial charge in [-0.2, -0.15) is 0 Å². The van der Waals surface area contributed by atoms with Gasteiger partial charge in [-0.05, 0) is 64.4 Å². The zero-order valence-electron chi connectivity index (χ0n) is 17.0. The first-order valence-corrected chi connectivity index (χ1v) is 9.26. The lowest BCUT2D eigenvalue weighted by molar-refractivity contribution is -0.118. The van der Waals surface area contributed by atoms with Crippen molar-refractivity contribution in [1.82, 2.24) is 5.32 Å². The summed E-state index contributed by atoms with van der Waals surface area (Å²) in [7, 11) is 0. The fourth-order valence-electron chi connectivity index (χ4n) is 2.47. The lowest BCUT2D eigenvalue weighted by Gasteiger charge is -2.23. The molecule has 0 aromatic heterocycles. The highest BCUT2D eigenvalue weighted by Crippen LogP contribution is 2.20. The molecule has 0 radical (unpaired) electrons. The van der Waals surface area contributed by atoms with Crippen molar-refractivity contribution in [2.45, 2.75) is 52.4 Å². The summed E-state index contributed by atoms with van der Waals surface area (Å²) in [6, 6.07) is 15.2. The van der Waals surface area contributed by atoms with Crippen molar-refractivity contribution in [3.05, 3.63) is 60.2 Å². The van der Waals surface area contributed by atoms with Crippen LogP contribution < -0.4 is 15.4 Å². The van der Waals surface area contributed by atoms with E-state index in [-0.39, 0.29) is 12.0 Å². The minimum absolute atomic E-state index is 0.0703. The molecule has 2 N–H and O–H groups in total. The van der Waals surface area contributed by atoms with Gasteiger partial charge in [0, 0.05) is 5.69 Å². The van der Waals surface area contributed by atoms with Gasteiger partial charge in [-0.1, -0.05) is 30.3 Å². The maximum Gasteiger partial charge on any atom is 0.408 e. The summed E-state index contributed by atoms with van der Waals surface area (Å²) in [6.45, 7) is 9.20. The van der Waals surface area contributed by atoms with Crippen LogP contribution in [-0.4, -0.2) is 23.7 Å². The SMILES string of the molecule is CC(C)Oc1ccc(NC(=O)[C@@H](NC(=O)OC(C)(C)C)c2ccccc2)cc1. The number of nitrogens with one attached hydrogen (secondary N) is 2. The Bertz CT molecular complexity index is 780. The van der Waals surface area contributed by atoms with Crippen molar-refractivity contribution in [2.24, 2.45) is 0 Å². The number of rotatable bonds is 6. The fourth-order valence-corrected chi connectivity index (χ4v) is 2.47. The number of anilines is 1. The smallest absolute Gasteiger partial charge is 0.408 e. The Kier molecular flexibility index (Phi) is 7.04. The highest BCUT2D eigenvalue weighted by atomic mass is 16.6. The van der Waals surface area contributed by atoms with Gasteiger partial charge in [-0.25, -0.2) is 4.79 Å². The van der Waals surface area contributed by atoms with Gasteiger partial charge >= 0.3 is 6.09 Å². The first kappa shape index (κ1) is 21.3. The van der Waals surface area contributed by atoms with Gasteiger partial charge in [0.15, 0.2) is 0 Å². The van der Waals surface area contributed by atoms with E-state index in [1.807, 2.05) is 32.0 Å². The van der Waals surface area contributed by atoms with Crippen LogP contribution in [-0.2, 0) is 9.53 Å². The van der Waals surface area contributed by atoms with Gasteiger partial charge in [0.25, 0.3) is 5.91 Å². The predicted molar refractivity (Wildman–Crippen MR) is 109 cm³/mol. The molecule has 6 nitrogen and oxygen atoms in total. The summed E-state index contributed by atoms with van der Waals surface area (Å²) in [4.78, 5) is 25.1. The summed E-state index contributed by atoms with van der Waals surface area (Å²) in [5, 5.41) is 5.47. The number of benzene rings is 2. The Morgan fingerprint density at radius 1 is 0.929 bits per heavy atom. The Morgan fingerprint density at radius 3 is 2.07 bits per heavy atom. The van der Waals surface area contributed by atoms with Crippen LogP contribution in [0.4, 0.5) is 10.5 Å². The second kappa shape index (κ2) is 9.26. The molecule has 0 saturated heterocycles. The maximum atomic E-state index is 12.9. The molecular weight excluding hydrogens is 356 g/mol. The molecule has 2 aromatic rings. The Labute approximate surface area is 166 Å². The largest absolute Gasteiger partial charge is 0.491 e. The number of hydrogen-bond acceptors (Lipinski definition) is 4. The Morgan fingerprint density at radius 2 is 1.54 bits per heavy atom. The van der Waals surface area contributed by atoms with Crippen molar-refractivity contribution < 1.29 is 19.1 Å². The van der Waals surface area contributed by atoms with Crippen molar-refractivity contribution in [3.8, 4) is 5.75 Å². The van der Waals surface area contributed by atoms with E-state index in [1.165, 1.54) is 0 Å². The monoisotopic (exact) mass is 384 g/mol. The van der Waals surface area contributed by atoms with Gasteiger partial charge in [-0.15, -0.1) is 0 Å². The summed E-state index contributed by atoms with van der Waals surface area (Å²) in [5.41, 5.74) is 0.604. The quantitative estimate of drug-likeness (QED) is 0.758. The van der Waals surface area contributed by atoms with Gasteiger partial charge in [0.2, 0.25) is 0 Å². The molecule has 28 heavy (non-hydrogen) atoms. The number of amides is 2. The van der Waals surface area contributed by atoms with E-state index in [2.05, 4.69) is 10.6 Å². The number of hydrogen-bond donors (Lipinski definition) is 2. The van der Waals surface area contributed by atoms with Crippen LogP contribution in [0.25, 0.3) is 0 Å². The molecule has 0 aliphatic heterocycles. The lowest BCUT2D eigenvalue weighted by Crippen LogP contribution is -2.40. The average Bonchev–Trinajstić information content (AvgIpc) is 2.60. The normalized spacial score (nSPS) is 12.2. The van der Waals surface area contributed by atoms with Crippen molar-refractivity contribution in [1.29, 1.82) is 0 Å². The second-order valence-electron chi connectivity index (χ2n) is 7.67. The summed E-state index contributed by atoms with van der Waals surface area (Å²) in [6.07, 6.45) is -0.585. The number of alkyl carbamates (subject to hydrolysis) is 1. The molecule has 2 amide bonds. The third-order valence-corrected chi connectivity index (χ3v) is 3.55. The third kappa shape index (κ3) is 6.95. The topological polar surface area (TPSA) is 76.7 Å². The molecule has 0 bridgehead atoms. The Balaban J connectivity index is 2.13. The van der Waals surface area contributed by atoms with Gasteiger partial charge in [-0.3, -0.25) is 4.79 Å². The van der Waals surface area contributed by atoms with Crippen molar-refractivity contribution >= 4 is 17.7 Å². The highest BCUT2D eigenvalue weighted by Gasteiger charge is 2.25. The molecule has 1 atom stereocenters. The van der Waals surface area contributed by atoms with E-state index in [4.69, 9.17) is 9.47 Å². The molecule has 0 saturated carbocycles. The van der Waals surface area contributed by atoms with Crippen molar-refractivity contribution in [3.63, 3.8) is 0 Å². The molecule has 0 spiro atoms. The van der Waals surface area contributed by atoms with E-state index >= 15 is 0 Å². The molecule has 2 rings (SSSR count). The van der Waals surface area contributed by atoms with E-state index in [1.54, 1.807) is 57.2 Å². The molecule has 0 fully saturated rings. The molecule has 6 heteroatoms. The van der Waals surface area contributed by atoms with Crippen LogP contribution in [0, 0.1) is 0 Å². The number of carbonyl (C=O) groups is 2. The number of carbonyl (C=O) groups excluding carboxylic acids is 2. The molecule has 0 aliphatic rings.